The number of carbonyl (C=O) groups excluding carboxylic acids is 1. The van der Waals surface area contributed by atoms with E-state index in [9.17, 15) is 23.1 Å². The molecule has 0 aromatic heterocycles. The molecule has 1 amide bonds. The van der Waals surface area contributed by atoms with E-state index in [-0.39, 0.29) is 10.5 Å². The van der Waals surface area contributed by atoms with Crippen molar-refractivity contribution in [3.05, 3.63) is 29.8 Å². The maximum absolute atomic E-state index is 12.6. The monoisotopic (exact) mass is 382 g/mol. The van der Waals surface area contributed by atoms with Crippen LogP contribution >= 0.6 is 0 Å². The van der Waals surface area contributed by atoms with Gasteiger partial charge in [0.15, 0.2) is 0 Å². The van der Waals surface area contributed by atoms with E-state index < -0.39 is 27.4 Å². The molecule has 0 bridgehead atoms. The minimum absolute atomic E-state index is 0.144. The number of hydrogen-bond donors (Lipinski definition) is 2. The Balaban J connectivity index is 2.15. The first-order chi connectivity index (χ1) is 12.2. The lowest BCUT2D eigenvalue weighted by atomic mass is 9.96. The van der Waals surface area contributed by atoms with E-state index in [4.69, 9.17) is 0 Å². The van der Waals surface area contributed by atoms with Crippen LogP contribution in [0, 0.1) is 0 Å². The zero-order valence-corrected chi connectivity index (χ0v) is 16.0. The average molecular weight is 382 g/mol. The second kappa shape index (κ2) is 8.18. The smallest absolute Gasteiger partial charge is 0.329 e. The van der Waals surface area contributed by atoms with E-state index in [0.29, 0.717) is 25.9 Å². The summed E-state index contributed by atoms with van der Waals surface area (Å²) in [6.45, 7) is 4.33. The molecule has 0 spiro atoms. The van der Waals surface area contributed by atoms with Gasteiger partial charge in [-0.25, -0.2) is 13.2 Å². The van der Waals surface area contributed by atoms with Crippen LogP contribution in [0.3, 0.4) is 0 Å². The Bertz CT molecular complexity index is 754. The molecule has 1 fully saturated rings. The number of hydrogen-bond acceptors (Lipinski definition) is 4. The van der Waals surface area contributed by atoms with Crippen LogP contribution in [0.5, 0.6) is 0 Å². The van der Waals surface area contributed by atoms with Gasteiger partial charge in [-0.1, -0.05) is 19.8 Å². The molecule has 1 heterocycles. The van der Waals surface area contributed by atoms with Crippen LogP contribution in [-0.4, -0.2) is 48.3 Å². The molecule has 1 atom stereocenters. The Morgan fingerprint density at radius 2 is 1.73 bits per heavy atom. The number of aliphatic carboxylic acids is 1. The van der Waals surface area contributed by atoms with Gasteiger partial charge in [0.05, 0.1) is 4.90 Å². The fourth-order valence-corrected chi connectivity index (χ4v) is 4.60. The molecule has 1 aliphatic heterocycles. The molecule has 1 unspecified atom stereocenters. The zero-order valence-electron chi connectivity index (χ0n) is 15.2. The standard InChI is InChI=1S/C18H26N2O5S/c1-3-11-18(2,17(22)23)19-16(21)14-7-9-15(10-8-14)26(24,25)20-12-5-4-6-13-20/h7-10H,3-6,11-13H2,1-2H3,(H,19,21)(H,22,23). The number of carboxylic acids is 1. The van der Waals surface area contributed by atoms with Gasteiger partial charge in [-0.15, -0.1) is 0 Å². The van der Waals surface area contributed by atoms with E-state index in [1.165, 1.54) is 35.5 Å². The van der Waals surface area contributed by atoms with Crippen LogP contribution < -0.4 is 5.32 Å². The molecule has 1 aliphatic rings. The SMILES string of the molecule is CCCC(C)(NC(=O)c1ccc(S(=O)(=O)N2CCCCC2)cc1)C(=O)O. The van der Waals surface area contributed by atoms with E-state index >= 15 is 0 Å². The number of benzene rings is 1. The van der Waals surface area contributed by atoms with Crippen molar-refractivity contribution in [3.8, 4) is 0 Å². The van der Waals surface area contributed by atoms with Crippen molar-refractivity contribution in [1.82, 2.24) is 9.62 Å². The summed E-state index contributed by atoms with van der Waals surface area (Å²) in [7, 11) is -3.55. The Morgan fingerprint density at radius 3 is 2.23 bits per heavy atom. The van der Waals surface area contributed by atoms with Gasteiger partial charge in [0, 0.05) is 18.7 Å². The van der Waals surface area contributed by atoms with Crippen LogP contribution in [0.15, 0.2) is 29.2 Å². The third-order valence-electron chi connectivity index (χ3n) is 4.68. The first-order valence-corrected chi connectivity index (χ1v) is 10.3. The molecule has 0 saturated carbocycles. The molecule has 0 radical (unpaired) electrons. The van der Waals surface area contributed by atoms with E-state index in [1.807, 2.05) is 6.92 Å². The lowest BCUT2D eigenvalue weighted by molar-refractivity contribution is -0.144. The molecular weight excluding hydrogens is 356 g/mol. The fraction of sp³-hybridized carbons (Fsp3) is 0.556. The summed E-state index contributed by atoms with van der Waals surface area (Å²) >= 11 is 0. The summed E-state index contributed by atoms with van der Waals surface area (Å²) in [6.07, 6.45) is 3.65. The van der Waals surface area contributed by atoms with E-state index in [2.05, 4.69) is 5.32 Å². The van der Waals surface area contributed by atoms with Crippen LogP contribution in [0.1, 0.15) is 56.3 Å². The predicted molar refractivity (Wildman–Crippen MR) is 97.5 cm³/mol. The molecule has 2 rings (SSSR count). The largest absolute Gasteiger partial charge is 0.480 e. The Hall–Kier alpha value is -1.93. The van der Waals surface area contributed by atoms with Crippen molar-refractivity contribution in [2.45, 2.75) is 56.4 Å². The zero-order chi connectivity index (χ0) is 19.4. The summed E-state index contributed by atoms with van der Waals surface area (Å²) < 4.78 is 26.7. The first kappa shape index (κ1) is 20.4. The number of piperidine rings is 1. The third kappa shape index (κ3) is 4.42. The summed E-state index contributed by atoms with van der Waals surface area (Å²) in [4.78, 5) is 24.0. The van der Waals surface area contributed by atoms with Crippen molar-refractivity contribution >= 4 is 21.9 Å². The topological polar surface area (TPSA) is 104 Å². The van der Waals surface area contributed by atoms with Gasteiger partial charge in [0.2, 0.25) is 10.0 Å². The molecule has 26 heavy (non-hydrogen) atoms. The molecular formula is C18H26N2O5S. The highest BCUT2D eigenvalue weighted by Crippen LogP contribution is 2.21. The predicted octanol–water partition coefficient (Wildman–Crippen LogP) is 2.23. The fourth-order valence-electron chi connectivity index (χ4n) is 3.08. The number of carbonyl (C=O) groups is 2. The number of rotatable bonds is 7. The van der Waals surface area contributed by atoms with Crippen molar-refractivity contribution in [2.75, 3.05) is 13.1 Å². The first-order valence-electron chi connectivity index (χ1n) is 8.87. The maximum atomic E-state index is 12.6. The quantitative estimate of drug-likeness (QED) is 0.753. The average Bonchev–Trinajstić information content (AvgIpc) is 2.62. The van der Waals surface area contributed by atoms with Gasteiger partial charge < -0.3 is 10.4 Å². The second-order valence-corrected chi connectivity index (χ2v) is 8.77. The normalized spacial score (nSPS) is 18.1. The van der Waals surface area contributed by atoms with Gasteiger partial charge in [-0.2, -0.15) is 4.31 Å². The van der Waals surface area contributed by atoms with Gasteiger partial charge in [0.25, 0.3) is 5.91 Å². The van der Waals surface area contributed by atoms with Crippen molar-refractivity contribution in [2.24, 2.45) is 0 Å². The van der Waals surface area contributed by atoms with Crippen molar-refractivity contribution in [3.63, 3.8) is 0 Å². The van der Waals surface area contributed by atoms with Crippen molar-refractivity contribution in [1.29, 1.82) is 0 Å². The van der Waals surface area contributed by atoms with E-state index in [1.54, 1.807) is 0 Å². The van der Waals surface area contributed by atoms with Crippen LogP contribution in [0.4, 0.5) is 0 Å². The number of nitrogens with zero attached hydrogens (tertiary/aromatic N) is 1. The van der Waals surface area contributed by atoms with Crippen molar-refractivity contribution < 1.29 is 23.1 Å². The Morgan fingerprint density at radius 1 is 1.15 bits per heavy atom. The van der Waals surface area contributed by atoms with Gasteiger partial charge in [0.1, 0.15) is 5.54 Å². The molecule has 8 heteroatoms. The number of nitrogens with one attached hydrogen (secondary N) is 1. The lowest BCUT2D eigenvalue weighted by Gasteiger charge is -2.26. The second-order valence-electron chi connectivity index (χ2n) is 6.83. The van der Waals surface area contributed by atoms with E-state index in [0.717, 1.165) is 19.3 Å². The van der Waals surface area contributed by atoms with Gasteiger partial charge >= 0.3 is 5.97 Å². The molecule has 1 aromatic rings. The van der Waals surface area contributed by atoms with Gasteiger partial charge in [-0.05, 0) is 50.5 Å². The molecule has 2 N–H and O–H groups in total. The van der Waals surface area contributed by atoms with Crippen LogP contribution in [-0.2, 0) is 14.8 Å². The van der Waals surface area contributed by atoms with Crippen LogP contribution in [0.25, 0.3) is 0 Å². The number of amides is 1. The Kier molecular flexibility index (Phi) is 6.41. The maximum Gasteiger partial charge on any atom is 0.329 e. The number of carboxylic acid groups (broad SMARTS) is 1. The molecule has 1 saturated heterocycles. The minimum atomic E-state index is -3.55. The summed E-state index contributed by atoms with van der Waals surface area (Å²) in [5, 5.41) is 11.9. The third-order valence-corrected chi connectivity index (χ3v) is 6.59. The van der Waals surface area contributed by atoms with Crippen LogP contribution in [0.2, 0.25) is 0 Å². The number of sulfonamides is 1. The Labute approximate surface area is 154 Å². The highest BCUT2D eigenvalue weighted by molar-refractivity contribution is 7.89. The highest BCUT2D eigenvalue weighted by atomic mass is 32.2. The summed E-state index contributed by atoms with van der Waals surface area (Å²) in [6, 6.07) is 5.63. The summed E-state index contributed by atoms with van der Waals surface area (Å²) in [5.74, 6) is -1.64. The highest BCUT2D eigenvalue weighted by Gasteiger charge is 2.34. The van der Waals surface area contributed by atoms with Gasteiger partial charge in [-0.3, -0.25) is 4.79 Å². The molecule has 1 aromatic carbocycles. The summed E-state index contributed by atoms with van der Waals surface area (Å²) in [5.41, 5.74) is -1.13. The molecule has 0 aliphatic carbocycles. The molecule has 144 valence electrons. The lowest BCUT2D eigenvalue weighted by Crippen LogP contribution is -2.52. The molecule has 7 nitrogen and oxygen atoms in total. The minimum Gasteiger partial charge on any atom is -0.480 e.